The van der Waals surface area contributed by atoms with Crippen LogP contribution in [-0.4, -0.2) is 71.2 Å². The Labute approximate surface area is 201 Å². The Hall–Kier alpha value is -3.27. The van der Waals surface area contributed by atoms with Gasteiger partial charge in [-0.05, 0) is 41.3 Å². The maximum Gasteiger partial charge on any atom is 0.407 e. The molecule has 2 aliphatic rings. The van der Waals surface area contributed by atoms with E-state index in [-0.39, 0.29) is 31.1 Å². The number of benzene rings is 2. The van der Waals surface area contributed by atoms with Crippen LogP contribution >= 0.6 is 0 Å². The normalized spacial score (nSPS) is 19.0. The molecule has 2 saturated heterocycles. The molecule has 0 unspecified atom stereocenters. The van der Waals surface area contributed by atoms with E-state index in [4.69, 9.17) is 15.6 Å². The topological polar surface area (TPSA) is 96.1 Å². The van der Waals surface area contributed by atoms with Crippen LogP contribution in [0.5, 0.6) is 5.75 Å². The largest absolute Gasteiger partial charge is 0.490 e. The Balaban J connectivity index is 1.34. The molecule has 0 bridgehead atoms. The molecule has 2 amide bonds. The summed E-state index contributed by atoms with van der Waals surface area (Å²) < 4.78 is 47.5. The number of likely N-dealkylation sites (tertiary alicyclic amines) is 2. The van der Waals surface area contributed by atoms with Gasteiger partial charge in [0.1, 0.15) is 17.7 Å². The number of amides is 2. The number of carboxylic acid groups (broad SMARTS) is 1. The average molecular weight is 492 g/mol. The molecule has 2 heterocycles. The van der Waals surface area contributed by atoms with E-state index in [2.05, 4.69) is 0 Å². The minimum atomic E-state index is -2.90. The summed E-state index contributed by atoms with van der Waals surface area (Å²) in [6.45, 7) is 0.164. The van der Waals surface area contributed by atoms with Crippen molar-refractivity contribution in [2.45, 2.75) is 43.8 Å². The van der Waals surface area contributed by atoms with Gasteiger partial charge in [-0.2, -0.15) is 0 Å². The number of rotatable bonds is 6. The predicted octanol–water partition coefficient (Wildman–Crippen LogP) is 3.75. The fourth-order valence-electron chi connectivity index (χ4n) is 4.46. The highest BCUT2D eigenvalue weighted by Gasteiger charge is 2.41. The number of ether oxygens (including phenoxy) is 1. The molecule has 7 nitrogen and oxygen atoms in total. The highest BCUT2D eigenvalue weighted by molar-refractivity contribution is 5.82. The molecule has 1 atom stereocenters. The van der Waals surface area contributed by atoms with Gasteiger partial charge in [0.15, 0.2) is 0 Å². The first-order valence-electron chi connectivity index (χ1n) is 11.6. The van der Waals surface area contributed by atoms with Crippen LogP contribution in [0.4, 0.5) is 18.0 Å². The van der Waals surface area contributed by atoms with Crippen LogP contribution < -0.4 is 10.5 Å². The molecule has 0 saturated carbocycles. The molecule has 4 rings (SSSR count). The molecule has 2 aromatic rings. The molecular weight excluding hydrogens is 463 g/mol. The Bertz CT molecular complexity index is 1070. The van der Waals surface area contributed by atoms with E-state index in [0.717, 1.165) is 10.5 Å². The summed E-state index contributed by atoms with van der Waals surface area (Å²) in [6, 6.07) is 10.7. The summed E-state index contributed by atoms with van der Waals surface area (Å²) in [4.78, 5) is 25.8. The van der Waals surface area contributed by atoms with Gasteiger partial charge in [-0.15, -0.1) is 0 Å². The number of halogens is 3. The van der Waals surface area contributed by atoms with Gasteiger partial charge in [0, 0.05) is 38.9 Å². The summed E-state index contributed by atoms with van der Waals surface area (Å²) in [5, 5.41) is 9.03. The van der Waals surface area contributed by atoms with Crippen LogP contribution in [0, 0.1) is 5.82 Å². The van der Waals surface area contributed by atoms with E-state index in [1.54, 1.807) is 36.4 Å². The molecule has 188 valence electrons. The fourth-order valence-corrected chi connectivity index (χ4v) is 4.46. The zero-order valence-electron chi connectivity index (χ0n) is 19.1. The third-order valence-corrected chi connectivity index (χ3v) is 6.49. The molecule has 0 aromatic heterocycles. The lowest BCUT2D eigenvalue weighted by atomic mass is 9.99. The SMILES string of the molecule is N[C@@H](Cc1ccc(-c2ccc(OC3CCN(C(=O)O)CC3)cc2)cc1F)C(=O)N1CCC(F)(F)C1. The second-order valence-electron chi connectivity index (χ2n) is 9.09. The highest BCUT2D eigenvalue weighted by Crippen LogP contribution is 2.28. The van der Waals surface area contributed by atoms with Crippen LogP contribution in [-0.2, 0) is 11.2 Å². The van der Waals surface area contributed by atoms with Crippen molar-refractivity contribution in [3.05, 3.63) is 53.8 Å². The zero-order chi connectivity index (χ0) is 25.2. The van der Waals surface area contributed by atoms with E-state index >= 15 is 0 Å². The molecule has 2 aromatic carbocycles. The molecule has 0 spiro atoms. The van der Waals surface area contributed by atoms with Crippen molar-refractivity contribution in [1.82, 2.24) is 9.80 Å². The van der Waals surface area contributed by atoms with E-state index in [1.165, 1.54) is 11.0 Å². The van der Waals surface area contributed by atoms with Crippen LogP contribution in [0.25, 0.3) is 11.1 Å². The molecule has 0 radical (unpaired) electrons. The number of carbonyl (C=O) groups is 2. The third-order valence-electron chi connectivity index (χ3n) is 6.49. The Morgan fingerprint density at radius 3 is 2.29 bits per heavy atom. The van der Waals surface area contributed by atoms with Crippen molar-refractivity contribution in [1.29, 1.82) is 0 Å². The summed E-state index contributed by atoms with van der Waals surface area (Å²) in [6.07, 6.45) is -0.220. The first-order chi connectivity index (χ1) is 16.6. The third kappa shape index (κ3) is 6.05. The number of hydrogen-bond donors (Lipinski definition) is 2. The van der Waals surface area contributed by atoms with Gasteiger partial charge < -0.3 is 25.4 Å². The quantitative estimate of drug-likeness (QED) is 0.642. The van der Waals surface area contributed by atoms with Crippen LogP contribution in [0.15, 0.2) is 42.5 Å². The highest BCUT2D eigenvalue weighted by atomic mass is 19.3. The van der Waals surface area contributed by atoms with E-state index < -0.39 is 36.3 Å². The molecular formula is C25H28F3N3O4. The predicted molar refractivity (Wildman–Crippen MR) is 123 cm³/mol. The van der Waals surface area contributed by atoms with Gasteiger partial charge in [-0.3, -0.25) is 4.79 Å². The van der Waals surface area contributed by atoms with Crippen molar-refractivity contribution >= 4 is 12.0 Å². The summed E-state index contributed by atoms with van der Waals surface area (Å²) >= 11 is 0. The zero-order valence-corrected chi connectivity index (χ0v) is 19.1. The number of piperidine rings is 1. The smallest absolute Gasteiger partial charge is 0.407 e. The number of nitrogens with two attached hydrogens (primary N) is 1. The van der Waals surface area contributed by atoms with Crippen LogP contribution in [0.3, 0.4) is 0 Å². The molecule has 10 heteroatoms. The first kappa shape index (κ1) is 24.8. The number of alkyl halides is 2. The molecule has 2 aliphatic heterocycles. The first-order valence-corrected chi connectivity index (χ1v) is 11.6. The average Bonchev–Trinajstić information content (AvgIpc) is 3.20. The second kappa shape index (κ2) is 10.2. The lowest BCUT2D eigenvalue weighted by Gasteiger charge is -2.30. The summed E-state index contributed by atoms with van der Waals surface area (Å²) in [5.41, 5.74) is 7.54. The second-order valence-corrected chi connectivity index (χ2v) is 9.09. The van der Waals surface area contributed by atoms with Crippen molar-refractivity contribution in [3.63, 3.8) is 0 Å². The Morgan fingerprint density at radius 2 is 1.71 bits per heavy atom. The van der Waals surface area contributed by atoms with Crippen molar-refractivity contribution in [2.24, 2.45) is 5.73 Å². The summed E-state index contributed by atoms with van der Waals surface area (Å²) in [7, 11) is 0. The number of nitrogens with zero attached hydrogens (tertiary/aromatic N) is 2. The number of hydrogen-bond acceptors (Lipinski definition) is 4. The minimum absolute atomic E-state index is 0.0534. The Morgan fingerprint density at radius 1 is 1.06 bits per heavy atom. The van der Waals surface area contributed by atoms with E-state index in [9.17, 15) is 22.8 Å². The lowest BCUT2D eigenvalue weighted by molar-refractivity contribution is -0.133. The van der Waals surface area contributed by atoms with Gasteiger partial charge in [0.2, 0.25) is 5.91 Å². The fraction of sp³-hybridized carbons (Fsp3) is 0.440. The maximum atomic E-state index is 14.8. The van der Waals surface area contributed by atoms with E-state index in [0.29, 0.717) is 37.2 Å². The van der Waals surface area contributed by atoms with Crippen molar-refractivity contribution in [2.75, 3.05) is 26.2 Å². The molecule has 2 fully saturated rings. The minimum Gasteiger partial charge on any atom is -0.490 e. The molecule has 3 N–H and O–H groups in total. The van der Waals surface area contributed by atoms with E-state index in [1.807, 2.05) is 0 Å². The standard InChI is InChI=1S/C25H28F3N3O4/c26-21-13-17(1-2-18(21)14-22(29)23(32)31-12-9-25(27,28)15-31)16-3-5-19(6-4-16)35-20-7-10-30(11-8-20)24(33)34/h1-6,13,20,22H,7-12,14-15,29H2,(H,33,34)/t22-/m0/s1. The number of carbonyl (C=O) groups excluding carboxylic acids is 1. The monoisotopic (exact) mass is 491 g/mol. The van der Waals surface area contributed by atoms with Gasteiger partial charge in [-0.1, -0.05) is 24.3 Å². The Kier molecular flexibility index (Phi) is 7.20. The van der Waals surface area contributed by atoms with Crippen molar-refractivity contribution < 1.29 is 32.6 Å². The molecule has 0 aliphatic carbocycles. The van der Waals surface area contributed by atoms with Gasteiger partial charge >= 0.3 is 6.09 Å². The summed E-state index contributed by atoms with van der Waals surface area (Å²) in [5.74, 6) is -3.38. The van der Waals surface area contributed by atoms with Crippen LogP contribution in [0.2, 0.25) is 0 Å². The maximum absolute atomic E-state index is 14.8. The van der Waals surface area contributed by atoms with Gasteiger partial charge in [-0.25, -0.2) is 18.0 Å². The van der Waals surface area contributed by atoms with Crippen LogP contribution in [0.1, 0.15) is 24.8 Å². The van der Waals surface area contributed by atoms with Gasteiger partial charge in [0.25, 0.3) is 5.92 Å². The van der Waals surface area contributed by atoms with Crippen molar-refractivity contribution in [3.8, 4) is 16.9 Å². The molecule has 35 heavy (non-hydrogen) atoms. The van der Waals surface area contributed by atoms with Gasteiger partial charge in [0.05, 0.1) is 12.6 Å². The lowest BCUT2D eigenvalue weighted by Crippen LogP contribution is -2.44.